The van der Waals surface area contributed by atoms with E-state index in [1.807, 2.05) is 30.9 Å². The van der Waals surface area contributed by atoms with Gasteiger partial charge in [-0.15, -0.1) is 0 Å². The third-order valence-electron chi connectivity index (χ3n) is 3.33. The van der Waals surface area contributed by atoms with Crippen molar-refractivity contribution in [3.8, 4) is 5.75 Å². The van der Waals surface area contributed by atoms with Gasteiger partial charge in [-0.2, -0.15) is 0 Å². The van der Waals surface area contributed by atoms with Gasteiger partial charge in [0.25, 0.3) is 0 Å². The summed E-state index contributed by atoms with van der Waals surface area (Å²) in [7, 11) is 1.67. The van der Waals surface area contributed by atoms with Crippen molar-refractivity contribution in [3.05, 3.63) is 18.2 Å². The van der Waals surface area contributed by atoms with Crippen LogP contribution < -0.4 is 15.4 Å². The second-order valence-corrected chi connectivity index (χ2v) is 5.35. The van der Waals surface area contributed by atoms with E-state index in [1.165, 1.54) is 0 Å². The number of rotatable bonds is 4. The summed E-state index contributed by atoms with van der Waals surface area (Å²) in [4.78, 5) is 1.92. The summed E-state index contributed by atoms with van der Waals surface area (Å²) in [5.74, 6) is 0.752. The topological polar surface area (TPSA) is 68.0 Å². The molecular formula is C14H22N2O3. The molecule has 1 heterocycles. The third-order valence-corrected chi connectivity index (χ3v) is 3.33. The summed E-state index contributed by atoms with van der Waals surface area (Å²) < 4.78 is 10.9. The quantitative estimate of drug-likeness (QED) is 0.640. The number of hydrogen-bond donors (Lipinski definition) is 2. The number of anilines is 2. The van der Waals surface area contributed by atoms with Crippen molar-refractivity contribution in [3.63, 3.8) is 0 Å². The van der Waals surface area contributed by atoms with Gasteiger partial charge in [-0.25, -0.2) is 0 Å². The second-order valence-electron chi connectivity index (χ2n) is 5.35. The number of hydrogen-bond acceptors (Lipinski definition) is 5. The molecule has 2 rings (SSSR count). The maximum atomic E-state index is 10.5. The molecule has 1 aliphatic rings. The standard InChI is InChI=1S/C14H22N2O3/c1-14(2)13(17)16(7-4-8-18-3)11-9-10(15)5-6-12(11)19-14/h5-6,9,13,17H,4,7-8,15H2,1-3H3. The van der Waals surface area contributed by atoms with Gasteiger partial charge in [-0.1, -0.05) is 0 Å². The number of nitrogen functional groups attached to an aromatic ring is 1. The highest BCUT2D eigenvalue weighted by Crippen LogP contribution is 2.40. The van der Waals surface area contributed by atoms with Crippen LogP contribution in [-0.4, -0.2) is 37.2 Å². The molecule has 5 heteroatoms. The normalized spacial score (nSPS) is 20.8. The number of methoxy groups -OCH3 is 1. The molecule has 0 aromatic heterocycles. The lowest BCUT2D eigenvalue weighted by atomic mass is 10.0. The van der Waals surface area contributed by atoms with Crippen LogP contribution in [-0.2, 0) is 4.74 Å². The predicted molar refractivity (Wildman–Crippen MR) is 75.4 cm³/mol. The minimum atomic E-state index is -0.710. The highest BCUT2D eigenvalue weighted by Gasteiger charge is 2.40. The van der Waals surface area contributed by atoms with Crippen LogP contribution in [0.2, 0.25) is 0 Å². The smallest absolute Gasteiger partial charge is 0.166 e. The Labute approximate surface area is 113 Å². The molecule has 19 heavy (non-hydrogen) atoms. The Hall–Kier alpha value is -1.46. The SMILES string of the molecule is COCCCN1c2cc(N)ccc2OC(C)(C)C1O. The van der Waals surface area contributed by atoms with Crippen LogP contribution in [0.5, 0.6) is 5.75 Å². The van der Waals surface area contributed by atoms with Crippen molar-refractivity contribution >= 4 is 11.4 Å². The van der Waals surface area contributed by atoms with Crippen LogP contribution in [0.25, 0.3) is 0 Å². The lowest BCUT2D eigenvalue weighted by molar-refractivity contribution is -0.0409. The average molecular weight is 266 g/mol. The van der Waals surface area contributed by atoms with Gasteiger partial charge in [0.05, 0.1) is 5.69 Å². The fraction of sp³-hybridized carbons (Fsp3) is 0.571. The molecule has 0 saturated heterocycles. The molecule has 0 radical (unpaired) electrons. The molecule has 0 saturated carbocycles. The van der Waals surface area contributed by atoms with E-state index in [-0.39, 0.29) is 0 Å². The number of fused-ring (bicyclic) bond motifs is 1. The minimum absolute atomic E-state index is 0.655. The van der Waals surface area contributed by atoms with E-state index in [2.05, 4.69) is 0 Å². The number of nitrogens with zero attached hydrogens (tertiary/aromatic N) is 1. The van der Waals surface area contributed by atoms with Gasteiger partial charge < -0.3 is 25.2 Å². The molecular weight excluding hydrogens is 244 g/mol. The van der Waals surface area contributed by atoms with Crippen LogP contribution in [0.1, 0.15) is 20.3 Å². The van der Waals surface area contributed by atoms with E-state index in [0.29, 0.717) is 18.8 Å². The summed E-state index contributed by atoms with van der Waals surface area (Å²) in [6.45, 7) is 5.10. The lowest BCUT2D eigenvalue weighted by Crippen LogP contribution is -2.56. The zero-order valence-electron chi connectivity index (χ0n) is 11.7. The average Bonchev–Trinajstić information content (AvgIpc) is 2.35. The number of aliphatic hydroxyl groups is 1. The van der Waals surface area contributed by atoms with Gasteiger partial charge in [0.15, 0.2) is 6.23 Å². The molecule has 5 nitrogen and oxygen atoms in total. The van der Waals surface area contributed by atoms with Crippen LogP contribution >= 0.6 is 0 Å². The zero-order valence-corrected chi connectivity index (χ0v) is 11.7. The molecule has 0 amide bonds. The molecule has 106 valence electrons. The van der Waals surface area contributed by atoms with Crippen molar-refractivity contribution in [1.29, 1.82) is 0 Å². The van der Waals surface area contributed by atoms with E-state index in [9.17, 15) is 5.11 Å². The van der Waals surface area contributed by atoms with Crippen LogP contribution in [0.15, 0.2) is 18.2 Å². The van der Waals surface area contributed by atoms with E-state index < -0.39 is 11.8 Å². The molecule has 1 aromatic rings. The summed E-state index contributed by atoms with van der Waals surface area (Å²) in [5, 5.41) is 10.5. The Morgan fingerprint density at radius 2 is 2.21 bits per heavy atom. The molecule has 1 aromatic carbocycles. The Bertz CT molecular complexity index is 448. The maximum Gasteiger partial charge on any atom is 0.166 e. The number of aliphatic hydroxyl groups excluding tert-OH is 1. The highest BCUT2D eigenvalue weighted by atomic mass is 16.5. The van der Waals surface area contributed by atoms with E-state index in [0.717, 1.165) is 17.9 Å². The number of benzene rings is 1. The monoisotopic (exact) mass is 266 g/mol. The maximum absolute atomic E-state index is 10.5. The van der Waals surface area contributed by atoms with Crippen molar-refractivity contribution in [1.82, 2.24) is 0 Å². The first-order valence-corrected chi connectivity index (χ1v) is 6.48. The van der Waals surface area contributed by atoms with Crippen molar-refractivity contribution < 1.29 is 14.6 Å². The molecule has 0 spiro atoms. The molecule has 1 unspecified atom stereocenters. The van der Waals surface area contributed by atoms with Gasteiger partial charge in [0.2, 0.25) is 0 Å². The molecule has 1 aliphatic heterocycles. The third kappa shape index (κ3) is 2.77. The summed E-state index contributed by atoms with van der Waals surface area (Å²) in [5.41, 5.74) is 6.66. The van der Waals surface area contributed by atoms with Crippen LogP contribution in [0.3, 0.4) is 0 Å². The molecule has 0 aliphatic carbocycles. The van der Waals surface area contributed by atoms with Gasteiger partial charge in [0.1, 0.15) is 11.4 Å². The summed E-state index contributed by atoms with van der Waals surface area (Å²) in [6.07, 6.45) is 0.122. The van der Waals surface area contributed by atoms with Crippen molar-refractivity contribution in [2.24, 2.45) is 0 Å². The largest absolute Gasteiger partial charge is 0.481 e. The fourth-order valence-electron chi connectivity index (χ4n) is 2.31. The van der Waals surface area contributed by atoms with Crippen molar-refractivity contribution in [2.75, 3.05) is 30.9 Å². The highest BCUT2D eigenvalue weighted by molar-refractivity contribution is 5.67. The van der Waals surface area contributed by atoms with Gasteiger partial charge >= 0.3 is 0 Å². The predicted octanol–water partition coefficient (Wildman–Crippen LogP) is 1.60. The van der Waals surface area contributed by atoms with Gasteiger partial charge in [-0.05, 0) is 38.5 Å². The van der Waals surface area contributed by atoms with Gasteiger partial charge in [-0.3, -0.25) is 0 Å². The van der Waals surface area contributed by atoms with Crippen molar-refractivity contribution in [2.45, 2.75) is 32.1 Å². The Kier molecular flexibility index (Phi) is 3.87. The number of nitrogens with two attached hydrogens (primary N) is 1. The summed E-state index contributed by atoms with van der Waals surface area (Å²) in [6, 6.07) is 5.49. The van der Waals surface area contributed by atoms with Gasteiger partial charge in [0, 0.05) is 25.9 Å². The first-order valence-electron chi connectivity index (χ1n) is 6.48. The number of ether oxygens (including phenoxy) is 2. The first-order chi connectivity index (χ1) is 8.95. The van der Waals surface area contributed by atoms with Crippen LogP contribution in [0, 0.1) is 0 Å². The zero-order chi connectivity index (χ0) is 14.0. The van der Waals surface area contributed by atoms with E-state index in [1.54, 1.807) is 13.2 Å². The molecule has 3 N–H and O–H groups in total. The van der Waals surface area contributed by atoms with E-state index >= 15 is 0 Å². The molecule has 0 fully saturated rings. The first kappa shape index (κ1) is 14.0. The van der Waals surface area contributed by atoms with E-state index in [4.69, 9.17) is 15.2 Å². The second kappa shape index (κ2) is 5.27. The van der Waals surface area contributed by atoms with Crippen LogP contribution in [0.4, 0.5) is 11.4 Å². The lowest BCUT2D eigenvalue weighted by Gasteiger charge is -2.45. The minimum Gasteiger partial charge on any atom is -0.481 e. The summed E-state index contributed by atoms with van der Waals surface area (Å²) >= 11 is 0. The Morgan fingerprint density at radius 3 is 2.89 bits per heavy atom. The Morgan fingerprint density at radius 1 is 1.47 bits per heavy atom. The molecule has 0 bridgehead atoms. The fourth-order valence-corrected chi connectivity index (χ4v) is 2.31. The molecule has 1 atom stereocenters. The Balaban J connectivity index is 2.30.